The summed E-state index contributed by atoms with van der Waals surface area (Å²) < 4.78 is 29.5. The van der Waals surface area contributed by atoms with Crippen molar-refractivity contribution in [1.82, 2.24) is 0 Å². The van der Waals surface area contributed by atoms with Gasteiger partial charge in [-0.1, -0.05) is 18.5 Å². The fourth-order valence-electron chi connectivity index (χ4n) is 3.19. The molecule has 0 N–H and O–H groups in total. The molecule has 0 unspecified atom stereocenters. The van der Waals surface area contributed by atoms with Crippen molar-refractivity contribution >= 4 is 52.4 Å². The van der Waals surface area contributed by atoms with Gasteiger partial charge in [0.2, 0.25) is 11.0 Å². The summed E-state index contributed by atoms with van der Waals surface area (Å²) in [6.07, 6.45) is 1.37. The van der Waals surface area contributed by atoms with Crippen molar-refractivity contribution in [1.29, 1.82) is 0 Å². The fourth-order valence-corrected chi connectivity index (χ4v) is 4.48. The Balaban J connectivity index is 2.49. The lowest BCUT2D eigenvalue weighted by atomic mass is 9.90. The Morgan fingerprint density at radius 1 is 1.12 bits per heavy atom. The van der Waals surface area contributed by atoms with Gasteiger partial charge in [-0.25, -0.2) is 9.69 Å². The molecule has 0 radical (unpaired) electrons. The summed E-state index contributed by atoms with van der Waals surface area (Å²) in [6.45, 7) is 3.34. The average Bonchev–Trinajstić information content (AvgIpc) is 3.06. The minimum atomic E-state index is -0.888. The SMILES string of the molecule is CCOCOC(=O)C1=C(C(=O)N(C(=O)CC)c2c(F)sc(CC(=O)OC)c2Cl)CCCC1. The normalized spacial score (nSPS) is 13.7. The van der Waals surface area contributed by atoms with Gasteiger partial charge in [-0.2, -0.15) is 4.39 Å². The third-order valence-corrected chi connectivity index (χ3v) is 6.30. The van der Waals surface area contributed by atoms with E-state index in [1.165, 1.54) is 14.0 Å². The molecule has 1 aromatic heterocycles. The number of amides is 2. The number of ether oxygens (including phenoxy) is 3. The first kappa shape index (κ1) is 26.0. The van der Waals surface area contributed by atoms with E-state index in [1.807, 2.05) is 0 Å². The highest BCUT2D eigenvalue weighted by molar-refractivity contribution is 7.11. The first-order valence-corrected chi connectivity index (χ1v) is 11.3. The van der Waals surface area contributed by atoms with E-state index in [0.29, 0.717) is 35.7 Å². The van der Waals surface area contributed by atoms with Crippen molar-refractivity contribution in [3.05, 3.63) is 26.2 Å². The Morgan fingerprint density at radius 3 is 2.38 bits per heavy atom. The van der Waals surface area contributed by atoms with E-state index in [2.05, 4.69) is 4.74 Å². The second-order valence-corrected chi connectivity index (χ2v) is 8.24. The van der Waals surface area contributed by atoms with Gasteiger partial charge in [-0.15, -0.1) is 11.3 Å². The Kier molecular flexibility index (Phi) is 9.80. The largest absolute Gasteiger partial charge is 0.469 e. The molecule has 2 amide bonds. The quantitative estimate of drug-likeness (QED) is 0.294. The highest BCUT2D eigenvalue weighted by Gasteiger charge is 2.35. The maximum Gasteiger partial charge on any atom is 0.336 e. The van der Waals surface area contributed by atoms with Crippen LogP contribution in [0.25, 0.3) is 0 Å². The van der Waals surface area contributed by atoms with Gasteiger partial charge in [-0.05, 0) is 32.6 Å². The Labute approximate surface area is 194 Å². The molecule has 0 saturated heterocycles. The number of thiophene rings is 1. The van der Waals surface area contributed by atoms with Gasteiger partial charge in [0.1, 0.15) is 5.69 Å². The number of carbonyl (C=O) groups is 4. The Hall–Kier alpha value is -2.30. The zero-order valence-electron chi connectivity index (χ0n) is 18.1. The third-order valence-electron chi connectivity index (χ3n) is 4.81. The molecule has 1 aliphatic rings. The summed E-state index contributed by atoms with van der Waals surface area (Å²) in [5, 5.41) is -1.11. The molecular weight excluding hydrogens is 465 g/mol. The molecule has 0 bridgehead atoms. The number of carbonyl (C=O) groups excluding carboxylic acids is 4. The van der Waals surface area contributed by atoms with Gasteiger partial charge in [0.15, 0.2) is 6.79 Å². The van der Waals surface area contributed by atoms with Crippen LogP contribution in [-0.4, -0.2) is 44.3 Å². The van der Waals surface area contributed by atoms with E-state index in [1.54, 1.807) is 6.92 Å². The number of anilines is 1. The third kappa shape index (κ3) is 5.93. The molecule has 176 valence electrons. The first-order valence-electron chi connectivity index (χ1n) is 10.1. The monoisotopic (exact) mass is 489 g/mol. The van der Waals surface area contributed by atoms with Crippen LogP contribution >= 0.6 is 22.9 Å². The highest BCUT2D eigenvalue weighted by Crippen LogP contribution is 2.41. The molecule has 0 aliphatic heterocycles. The molecule has 11 heteroatoms. The maximum atomic E-state index is 14.9. The summed E-state index contributed by atoms with van der Waals surface area (Å²) in [4.78, 5) is 51.0. The van der Waals surface area contributed by atoms with E-state index >= 15 is 0 Å². The number of hydrogen-bond donors (Lipinski definition) is 0. The second-order valence-electron chi connectivity index (χ2n) is 6.81. The Morgan fingerprint density at radius 2 is 1.78 bits per heavy atom. The van der Waals surface area contributed by atoms with Crippen LogP contribution < -0.4 is 4.90 Å². The van der Waals surface area contributed by atoms with Crippen LogP contribution in [0.4, 0.5) is 10.1 Å². The van der Waals surface area contributed by atoms with Crippen molar-refractivity contribution in [2.45, 2.75) is 52.4 Å². The topological polar surface area (TPSA) is 99.2 Å². The van der Waals surface area contributed by atoms with Crippen LogP contribution in [0, 0.1) is 5.13 Å². The molecule has 2 rings (SSSR count). The zero-order chi connectivity index (χ0) is 23.8. The lowest BCUT2D eigenvalue weighted by Crippen LogP contribution is -2.39. The van der Waals surface area contributed by atoms with Crippen LogP contribution in [0.3, 0.4) is 0 Å². The highest BCUT2D eigenvalue weighted by atomic mass is 35.5. The minimum Gasteiger partial charge on any atom is -0.469 e. The second kappa shape index (κ2) is 12.1. The summed E-state index contributed by atoms with van der Waals surface area (Å²) in [7, 11) is 1.18. The Bertz CT molecular complexity index is 927. The molecule has 0 fully saturated rings. The predicted molar refractivity (Wildman–Crippen MR) is 116 cm³/mol. The van der Waals surface area contributed by atoms with Crippen LogP contribution in [0.15, 0.2) is 11.1 Å². The van der Waals surface area contributed by atoms with Gasteiger partial charge >= 0.3 is 11.9 Å². The summed E-state index contributed by atoms with van der Waals surface area (Å²) in [6, 6.07) is 0. The van der Waals surface area contributed by atoms with E-state index in [0.717, 1.165) is 0 Å². The number of hydrogen-bond acceptors (Lipinski definition) is 8. The maximum absolute atomic E-state index is 14.9. The summed E-state index contributed by atoms with van der Waals surface area (Å²) in [5.74, 6) is -2.89. The molecule has 0 saturated carbocycles. The first-order chi connectivity index (χ1) is 15.3. The molecule has 1 aliphatic carbocycles. The minimum absolute atomic E-state index is 0.0794. The number of methoxy groups -OCH3 is 1. The zero-order valence-corrected chi connectivity index (χ0v) is 19.7. The number of esters is 2. The lowest BCUT2D eigenvalue weighted by molar-refractivity contribution is -0.151. The van der Waals surface area contributed by atoms with Gasteiger partial charge in [-0.3, -0.25) is 14.4 Å². The number of rotatable bonds is 9. The molecule has 0 spiro atoms. The molecule has 8 nitrogen and oxygen atoms in total. The number of imide groups is 1. The van der Waals surface area contributed by atoms with Gasteiger partial charge in [0.05, 0.1) is 18.6 Å². The van der Waals surface area contributed by atoms with E-state index in [4.69, 9.17) is 21.1 Å². The predicted octanol–water partition coefficient (Wildman–Crippen LogP) is 3.93. The lowest BCUT2D eigenvalue weighted by Gasteiger charge is -2.25. The van der Waals surface area contributed by atoms with Crippen molar-refractivity contribution < 1.29 is 37.8 Å². The standard InChI is InChI=1S/C21H25ClFNO7S/c1-4-15(25)24(18-17(22)14(32-19(18)23)10-16(26)29-3)20(27)12-8-6-7-9-13(12)21(28)31-11-30-5-2/h4-11H2,1-3H3. The average molecular weight is 490 g/mol. The fraction of sp³-hybridized carbons (Fsp3) is 0.524. The van der Waals surface area contributed by atoms with Crippen molar-refractivity contribution in [2.75, 3.05) is 25.4 Å². The molecule has 0 atom stereocenters. The van der Waals surface area contributed by atoms with E-state index in [9.17, 15) is 23.6 Å². The van der Waals surface area contributed by atoms with E-state index in [-0.39, 0.29) is 53.5 Å². The number of nitrogens with zero attached hydrogens (tertiary/aromatic N) is 1. The van der Waals surface area contributed by atoms with Gasteiger partial charge in [0, 0.05) is 29.1 Å². The summed E-state index contributed by atoms with van der Waals surface area (Å²) in [5.41, 5.74) is -0.209. The molecule has 32 heavy (non-hydrogen) atoms. The van der Waals surface area contributed by atoms with Gasteiger partial charge in [0.25, 0.3) is 5.91 Å². The van der Waals surface area contributed by atoms with Crippen LogP contribution in [-0.2, 0) is 39.8 Å². The molecule has 1 aromatic rings. The van der Waals surface area contributed by atoms with Crippen LogP contribution in [0.2, 0.25) is 5.02 Å². The van der Waals surface area contributed by atoms with Crippen molar-refractivity contribution in [3.63, 3.8) is 0 Å². The molecular formula is C21H25ClFNO7S. The van der Waals surface area contributed by atoms with Crippen molar-refractivity contribution in [3.8, 4) is 0 Å². The van der Waals surface area contributed by atoms with Gasteiger partial charge < -0.3 is 14.2 Å². The van der Waals surface area contributed by atoms with Crippen LogP contribution in [0.1, 0.15) is 50.8 Å². The number of halogens is 2. The van der Waals surface area contributed by atoms with Crippen LogP contribution in [0.5, 0.6) is 0 Å². The molecule has 1 heterocycles. The molecule has 0 aromatic carbocycles. The van der Waals surface area contributed by atoms with Crippen molar-refractivity contribution in [2.24, 2.45) is 0 Å². The smallest absolute Gasteiger partial charge is 0.336 e. The summed E-state index contributed by atoms with van der Waals surface area (Å²) >= 11 is 6.84. The van der Waals surface area contributed by atoms with E-state index < -0.39 is 34.6 Å².